The largest absolute Gasteiger partial charge is 0.508 e. The SMILES string of the molecule is CN1N=C(C(N)=O)N2CCc3cc(O)cc(O)c3C12. The number of primary amides is 1. The molecule has 2 aliphatic rings. The normalized spacial score (nSPS) is 20.9. The van der Waals surface area contributed by atoms with E-state index in [1.807, 2.05) is 0 Å². The number of carbonyl (C=O) groups is 1. The Morgan fingerprint density at radius 1 is 1.47 bits per heavy atom. The van der Waals surface area contributed by atoms with Gasteiger partial charge in [0.2, 0.25) is 5.84 Å². The third-order valence-electron chi connectivity index (χ3n) is 3.50. The van der Waals surface area contributed by atoms with Crippen LogP contribution < -0.4 is 5.73 Å². The highest BCUT2D eigenvalue weighted by Crippen LogP contribution is 2.42. The van der Waals surface area contributed by atoms with Gasteiger partial charge in [0.15, 0.2) is 0 Å². The number of aromatic hydroxyl groups is 2. The number of fused-ring (bicyclic) bond motifs is 3. The second kappa shape index (κ2) is 3.78. The lowest BCUT2D eigenvalue weighted by Crippen LogP contribution is -2.44. The maximum atomic E-state index is 11.4. The van der Waals surface area contributed by atoms with Gasteiger partial charge in [0.25, 0.3) is 5.91 Å². The van der Waals surface area contributed by atoms with Gasteiger partial charge in [-0.25, -0.2) is 0 Å². The molecule has 0 aromatic heterocycles. The summed E-state index contributed by atoms with van der Waals surface area (Å²) < 4.78 is 0. The molecule has 3 rings (SSSR count). The predicted molar refractivity (Wildman–Crippen MR) is 67.3 cm³/mol. The summed E-state index contributed by atoms with van der Waals surface area (Å²) in [6.07, 6.45) is 0.250. The Kier molecular flexibility index (Phi) is 2.31. The highest BCUT2D eigenvalue weighted by Gasteiger charge is 2.41. The lowest BCUT2D eigenvalue weighted by molar-refractivity contribution is -0.112. The fourth-order valence-corrected chi connectivity index (χ4v) is 2.77. The van der Waals surface area contributed by atoms with Crippen LogP contribution in [0.25, 0.3) is 0 Å². The first-order valence-corrected chi connectivity index (χ1v) is 5.91. The molecule has 1 atom stereocenters. The van der Waals surface area contributed by atoms with Crippen molar-refractivity contribution in [3.63, 3.8) is 0 Å². The van der Waals surface area contributed by atoms with Crippen LogP contribution in [0.2, 0.25) is 0 Å². The molecule has 0 saturated carbocycles. The van der Waals surface area contributed by atoms with Gasteiger partial charge in [-0.15, -0.1) is 0 Å². The zero-order valence-corrected chi connectivity index (χ0v) is 10.4. The summed E-state index contributed by atoms with van der Waals surface area (Å²) in [6, 6.07) is 2.92. The molecule has 0 radical (unpaired) electrons. The molecule has 0 bridgehead atoms. The van der Waals surface area contributed by atoms with Gasteiger partial charge in [0, 0.05) is 25.2 Å². The van der Waals surface area contributed by atoms with Gasteiger partial charge in [-0.2, -0.15) is 5.10 Å². The molecule has 19 heavy (non-hydrogen) atoms. The number of benzene rings is 1. The van der Waals surface area contributed by atoms with Crippen LogP contribution in [0.5, 0.6) is 11.5 Å². The average molecular weight is 262 g/mol. The number of nitrogens with zero attached hydrogens (tertiary/aromatic N) is 3. The number of amidine groups is 1. The summed E-state index contributed by atoms with van der Waals surface area (Å²) in [4.78, 5) is 13.1. The lowest BCUT2D eigenvalue weighted by atomic mass is 9.95. The van der Waals surface area contributed by atoms with Crippen molar-refractivity contribution in [3.8, 4) is 11.5 Å². The van der Waals surface area contributed by atoms with Crippen molar-refractivity contribution < 1.29 is 15.0 Å². The van der Waals surface area contributed by atoms with Crippen molar-refractivity contribution in [2.75, 3.05) is 13.6 Å². The predicted octanol–water partition coefficient (Wildman–Crippen LogP) is -0.301. The molecule has 7 nitrogen and oxygen atoms in total. The first-order chi connectivity index (χ1) is 8.99. The highest BCUT2D eigenvalue weighted by molar-refractivity contribution is 6.37. The molecular weight excluding hydrogens is 248 g/mol. The van der Waals surface area contributed by atoms with Crippen LogP contribution in [-0.2, 0) is 11.2 Å². The molecule has 4 N–H and O–H groups in total. The Labute approximate surface area is 109 Å². The van der Waals surface area contributed by atoms with Crippen LogP contribution in [0.4, 0.5) is 0 Å². The summed E-state index contributed by atoms with van der Waals surface area (Å²) >= 11 is 0. The summed E-state index contributed by atoms with van der Waals surface area (Å²) in [5.74, 6) is -0.361. The minimum Gasteiger partial charge on any atom is -0.508 e. The molecule has 2 aliphatic heterocycles. The Hall–Kier alpha value is -2.44. The zero-order valence-electron chi connectivity index (χ0n) is 10.4. The Morgan fingerprint density at radius 3 is 2.89 bits per heavy atom. The van der Waals surface area contributed by atoms with Crippen LogP contribution in [-0.4, -0.2) is 45.5 Å². The number of phenols is 2. The van der Waals surface area contributed by atoms with E-state index in [0.717, 1.165) is 5.56 Å². The molecule has 0 saturated heterocycles. The number of hydrogen-bond donors (Lipinski definition) is 3. The van der Waals surface area contributed by atoms with Crippen molar-refractivity contribution in [2.24, 2.45) is 10.8 Å². The minimum absolute atomic E-state index is 0.00234. The number of nitrogens with two attached hydrogens (primary N) is 1. The van der Waals surface area contributed by atoms with Crippen LogP contribution in [0.15, 0.2) is 17.2 Å². The van der Waals surface area contributed by atoms with E-state index < -0.39 is 5.91 Å². The van der Waals surface area contributed by atoms with E-state index in [2.05, 4.69) is 5.10 Å². The van der Waals surface area contributed by atoms with Crippen molar-refractivity contribution >= 4 is 11.7 Å². The zero-order chi connectivity index (χ0) is 13.7. The number of rotatable bonds is 1. The van der Waals surface area contributed by atoms with E-state index in [4.69, 9.17) is 5.73 Å². The van der Waals surface area contributed by atoms with Crippen molar-refractivity contribution in [2.45, 2.75) is 12.6 Å². The maximum Gasteiger partial charge on any atom is 0.286 e. The molecule has 100 valence electrons. The standard InChI is InChI=1S/C12H14N4O3/c1-15-12-9-6(4-7(17)5-8(9)18)2-3-16(12)11(14-15)10(13)19/h4-5,12,17-18H,2-3H2,1H3,(H2,13,19). The van der Waals surface area contributed by atoms with Crippen LogP contribution in [0.3, 0.4) is 0 Å². The third-order valence-corrected chi connectivity index (χ3v) is 3.50. The van der Waals surface area contributed by atoms with E-state index in [-0.39, 0.29) is 23.5 Å². The Bertz CT molecular complexity index is 599. The van der Waals surface area contributed by atoms with E-state index in [1.165, 1.54) is 6.07 Å². The molecule has 7 heteroatoms. The molecule has 0 spiro atoms. The van der Waals surface area contributed by atoms with Crippen molar-refractivity contribution in [3.05, 3.63) is 23.3 Å². The summed E-state index contributed by atoms with van der Waals surface area (Å²) in [5.41, 5.74) is 6.82. The fraction of sp³-hybridized carbons (Fsp3) is 0.333. The monoisotopic (exact) mass is 262 g/mol. The van der Waals surface area contributed by atoms with Gasteiger partial charge in [0.05, 0.1) is 0 Å². The average Bonchev–Trinajstić information content (AvgIpc) is 2.66. The van der Waals surface area contributed by atoms with Crippen LogP contribution in [0, 0.1) is 0 Å². The van der Waals surface area contributed by atoms with Gasteiger partial charge < -0.3 is 20.8 Å². The van der Waals surface area contributed by atoms with Gasteiger partial charge in [-0.3, -0.25) is 9.80 Å². The highest BCUT2D eigenvalue weighted by atomic mass is 16.3. The third kappa shape index (κ3) is 1.58. The second-order valence-electron chi connectivity index (χ2n) is 4.72. The van der Waals surface area contributed by atoms with E-state index in [0.29, 0.717) is 18.5 Å². The quantitative estimate of drug-likeness (QED) is 0.644. The number of amides is 1. The Morgan fingerprint density at radius 2 is 2.21 bits per heavy atom. The maximum absolute atomic E-state index is 11.4. The topological polar surface area (TPSA) is 102 Å². The molecule has 1 amide bonds. The number of hydrazone groups is 1. The lowest BCUT2D eigenvalue weighted by Gasteiger charge is -2.35. The molecule has 1 aromatic carbocycles. The van der Waals surface area contributed by atoms with Gasteiger partial charge in [0.1, 0.15) is 17.7 Å². The first kappa shape index (κ1) is 11.6. The van der Waals surface area contributed by atoms with E-state index in [9.17, 15) is 15.0 Å². The minimum atomic E-state index is -0.587. The number of carbonyl (C=O) groups excluding carboxylic acids is 1. The molecule has 0 fully saturated rings. The van der Waals surface area contributed by atoms with Crippen molar-refractivity contribution in [1.82, 2.24) is 9.91 Å². The summed E-state index contributed by atoms with van der Waals surface area (Å²) in [5, 5.41) is 25.3. The van der Waals surface area contributed by atoms with E-state index >= 15 is 0 Å². The smallest absolute Gasteiger partial charge is 0.286 e. The fourth-order valence-electron chi connectivity index (χ4n) is 2.77. The Balaban J connectivity index is 2.10. The van der Waals surface area contributed by atoms with Gasteiger partial charge in [-0.05, 0) is 18.1 Å². The van der Waals surface area contributed by atoms with Crippen LogP contribution >= 0.6 is 0 Å². The van der Waals surface area contributed by atoms with Crippen LogP contribution in [0.1, 0.15) is 17.3 Å². The first-order valence-electron chi connectivity index (χ1n) is 5.91. The molecular formula is C12H14N4O3. The van der Waals surface area contributed by atoms with E-state index in [1.54, 1.807) is 23.0 Å². The van der Waals surface area contributed by atoms with Gasteiger partial charge in [-0.1, -0.05) is 0 Å². The molecule has 1 aromatic rings. The second-order valence-corrected chi connectivity index (χ2v) is 4.72. The molecule has 2 heterocycles. The number of hydrogen-bond acceptors (Lipinski definition) is 6. The summed E-state index contributed by atoms with van der Waals surface area (Å²) in [7, 11) is 1.72. The van der Waals surface area contributed by atoms with Crippen molar-refractivity contribution in [1.29, 1.82) is 0 Å². The number of phenolic OH excluding ortho intramolecular Hbond substituents is 2. The summed E-state index contributed by atoms with van der Waals surface area (Å²) in [6.45, 7) is 0.562. The van der Waals surface area contributed by atoms with Gasteiger partial charge >= 0.3 is 0 Å². The molecule has 1 unspecified atom stereocenters. The molecule has 0 aliphatic carbocycles.